The highest BCUT2D eigenvalue weighted by atomic mass is 16.3. The van der Waals surface area contributed by atoms with Gasteiger partial charge < -0.3 is 18.6 Å². The van der Waals surface area contributed by atoms with Crippen LogP contribution in [0.2, 0.25) is 0 Å². The summed E-state index contributed by atoms with van der Waals surface area (Å²) in [6.45, 7) is 17.4. The van der Waals surface area contributed by atoms with Crippen molar-refractivity contribution < 1.29 is 8.83 Å². The van der Waals surface area contributed by atoms with Crippen LogP contribution in [0.15, 0.2) is 154 Å². The number of hydrogen-bond acceptors (Lipinski definition) is 4. The molecule has 0 saturated heterocycles. The third-order valence-electron chi connectivity index (χ3n) is 13.2. The molecule has 0 aliphatic rings. The number of benzene rings is 9. The molecule has 0 unspecified atom stereocenters. The molecule has 2 aromatic heterocycles. The Kier molecular flexibility index (Phi) is 8.59. The molecule has 0 radical (unpaired) electrons. The summed E-state index contributed by atoms with van der Waals surface area (Å²) in [4.78, 5) is 4.77. The number of fused-ring (bicyclic) bond motifs is 9. The molecule has 0 amide bonds. The number of nitrogens with zero attached hydrogens (tertiary/aromatic N) is 2. The van der Waals surface area contributed by atoms with Gasteiger partial charge in [0.15, 0.2) is 0 Å². The summed E-state index contributed by atoms with van der Waals surface area (Å²) in [5.41, 5.74) is 20.1. The lowest BCUT2D eigenvalue weighted by Crippen LogP contribution is -2.12. The van der Waals surface area contributed by atoms with E-state index in [0.717, 1.165) is 88.3 Å². The van der Waals surface area contributed by atoms with Crippen molar-refractivity contribution in [2.24, 2.45) is 0 Å². The molecule has 0 aliphatic heterocycles. The van der Waals surface area contributed by atoms with Crippen molar-refractivity contribution in [3.63, 3.8) is 0 Å². The molecule has 0 saturated carbocycles. The van der Waals surface area contributed by atoms with Crippen LogP contribution >= 0.6 is 0 Å². The molecular weight excluding hydrogens is 757 g/mol. The average molecular weight is 805 g/mol. The Morgan fingerprint density at radius 2 is 0.790 bits per heavy atom. The number of hydrogen-bond donors (Lipinski definition) is 0. The fourth-order valence-electron chi connectivity index (χ4n) is 9.89. The third-order valence-corrected chi connectivity index (χ3v) is 13.2. The van der Waals surface area contributed by atoms with Gasteiger partial charge in [-0.3, -0.25) is 0 Å². The monoisotopic (exact) mass is 804 g/mol. The summed E-state index contributed by atoms with van der Waals surface area (Å²) in [6, 6.07) is 53.3. The molecular formula is C58H48N2O2. The first-order chi connectivity index (χ1) is 30.0. The number of aryl methyl sites for hydroxylation is 8. The van der Waals surface area contributed by atoms with E-state index in [4.69, 9.17) is 8.83 Å². The molecule has 4 nitrogen and oxygen atoms in total. The molecule has 9 aromatic carbocycles. The van der Waals surface area contributed by atoms with Crippen LogP contribution in [-0.4, -0.2) is 0 Å². The predicted molar refractivity (Wildman–Crippen MR) is 263 cm³/mol. The number of rotatable bonds is 6. The van der Waals surface area contributed by atoms with E-state index >= 15 is 0 Å². The lowest BCUT2D eigenvalue weighted by Gasteiger charge is -2.29. The van der Waals surface area contributed by atoms with E-state index in [9.17, 15) is 0 Å². The van der Waals surface area contributed by atoms with Crippen molar-refractivity contribution in [3.05, 3.63) is 190 Å². The van der Waals surface area contributed by atoms with Crippen LogP contribution in [0.4, 0.5) is 34.1 Å². The quantitative estimate of drug-likeness (QED) is 0.168. The van der Waals surface area contributed by atoms with E-state index in [2.05, 4.69) is 211 Å². The van der Waals surface area contributed by atoms with E-state index in [-0.39, 0.29) is 0 Å². The molecule has 4 heteroatoms. The van der Waals surface area contributed by atoms with Crippen molar-refractivity contribution in [2.75, 3.05) is 9.80 Å². The third kappa shape index (κ3) is 5.89. The Bertz CT molecular complexity index is 3640. The van der Waals surface area contributed by atoms with Crippen LogP contribution in [0.5, 0.6) is 0 Å². The van der Waals surface area contributed by atoms with Gasteiger partial charge in [-0.05, 0) is 183 Å². The highest BCUT2D eigenvalue weighted by Crippen LogP contribution is 2.47. The Labute approximate surface area is 362 Å². The van der Waals surface area contributed by atoms with Gasteiger partial charge in [0.25, 0.3) is 0 Å². The van der Waals surface area contributed by atoms with Gasteiger partial charge in [-0.1, -0.05) is 83.9 Å². The van der Waals surface area contributed by atoms with E-state index < -0.39 is 0 Å². The lowest BCUT2D eigenvalue weighted by molar-refractivity contribution is 0.660. The minimum Gasteiger partial charge on any atom is -0.456 e. The summed E-state index contributed by atoms with van der Waals surface area (Å²) in [5, 5.41) is 8.93. The zero-order valence-electron chi connectivity index (χ0n) is 36.6. The molecule has 0 atom stereocenters. The Morgan fingerprint density at radius 3 is 1.27 bits per heavy atom. The summed E-state index contributed by atoms with van der Waals surface area (Å²) in [6.07, 6.45) is 0. The van der Waals surface area contributed by atoms with Gasteiger partial charge in [0.2, 0.25) is 0 Å². The number of furan rings is 2. The lowest BCUT2D eigenvalue weighted by atomic mass is 9.96. The summed E-state index contributed by atoms with van der Waals surface area (Å²) in [5.74, 6) is 0. The standard InChI is InChI=1S/C58H48N2O2/c1-33-17-23-51(37(5)25-33)59(49-15-11-9-13-35(49)3)45-21-19-41-29-47-53(31-43(41)27-45)62-58-55(47)39(7)40(8)57-56(58)48-30-42-20-22-46(28-44(42)32-54(48)61-57)60(50-16-12-10-14-36(50)4)52-24-18-34(2)26-38(52)6/h9-32H,1-8H3. The summed E-state index contributed by atoms with van der Waals surface area (Å²) in [7, 11) is 0. The summed E-state index contributed by atoms with van der Waals surface area (Å²) < 4.78 is 13.9. The van der Waals surface area contributed by atoms with E-state index in [1.807, 2.05) is 0 Å². The van der Waals surface area contributed by atoms with E-state index in [1.54, 1.807) is 0 Å². The molecule has 0 N–H and O–H groups in total. The van der Waals surface area contributed by atoms with Crippen molar-refractivity contribution in [1.82, 2.24) is 0 Å². The van der Waals surface area contributed by atoms with E-state index in [1.165, 1.54) is 55.7 Å². The highest BCUT2D eigenvalue weighted by Gasteiger charge is 2.24. The molecule has 2 heterocycles. The van der Waals surface area contributed by atoms with Crippen LogP contribution < -0.4 is 9.80 Å². The van der Waals surface area contributed by atoms with Crippen molar-refractivity contribution in [1.29, 1.82) is 0 Å². The Morgan fingerprint density at radius 1 is 0.339 bits per heavy atom. The topological polar surface area (TPSA) is 32.8 Å². The molecule has 11 aromatic rings. The minimum absolute atomic E-state index is 0.853. The molecule has 0 aliphatic carbocycles. The van der Waals surface area contributed by atoms with Gasteiger partial charge in [0.05, 0.1) is 5.39 Å². The number of anilines is 6. The minimum atomic E-state index is 0.853. The van der Waals surface area contributed by atoms with Crippen LogP contribution in [-0.2, 0) is 0 Å². The van der Waals surface area contributed by atoms with Crippen molar-refractivity contribution in [2.45, 2.75) is 55.4 Å². The second kappa shape index (κ2) is 14.1. The average Bonchev–Trinajstić information content (AvgIpc) is 3.82. The van der Waals surface area contributed by atoms with Crippen LogP contribution in [0.3, 0.4) is 0 Å². The van der Waals surface area contributed by atoms with Gasteiger partial charge in [0, 0.05) is 50.3 Å². The van der Waals surface area contributed by atoms with Crippen LogP contribution in [0.1, 0.15) is 44.5 Å². The van der Waals surface area contributed by atoms with Gasteiger partial charge in [-0.25, -0.2) is 0 Å². The van der Waals surface area contributed by atoms with Crippen LogP contribution in [0.25, 0.3) is 65.4 Å². The van der Waals surface area contributed by atoms with Gasteiger partial charge >= 0.3 is 0 Å². The molecule has 0 fully saturated rings. The fraction of sp³-hybridized carbons (Fsp3) is 0.138. The second-order valence-corrected chi connectivity index (χ2v) is 17.4. The second-order valence-electron chi connectivity index (χ2n) is 17.4. The van der Waals surface area contributed by atoms with Crippen molar-refractivity contribution >= 4 is 99.5 Å². The van der Waals surface area contributed by atoms with Crippen LogP contribution in [0, 0.1) is 55.4 Å². The zero-order valence-corrected chi connectivity index (χ0v) is 36.6. The first-order valence-electron chi connectivity index (χ1n) is 21.6. The first kappa shape index (κ1) is 37.7. The number of para-hydroxylation sites is 2. The SMILES string of the molecule is Cc1ccc(N(c2ccc3cc4c(cc3c2)oc2c4c(C)c(C)c3oc4cc5cc(N(c6ccccc6C)c6ccc(C)cc6C)ccc5cc4c32)c2ccccc2C)c(C)c1. The zero-order chi connectivity index (χ0) is 42.6. The molecule has 0 bridgehead atoms. The first-order valence-corrected chi connectivity index (χ1v) is 21.6. The Hall–Kier alpha value is -7.30. The smallest absolute Gasteiger partial charge is 0.147 e. The van der Waals surface area contributed by atoms with Gasteiger partial charge in [-0.15, -0.1) is 0 Å². The molecule has 302 valence electrons. The van der Waals surface area contributed by atoms with Crippen molar-refractivity contribution in [3.8, 4) is 0 Å². The maximum Gasteiger partial charge on any atom is 0.147 e. The maximum atomic E-state index is 7.01. The van der Waals surface area contributed by atoms with E-state index in [0.29, 0.717) is 0 Å². The fourth-order valence-corrected chi connectivity index (χ4v) is 9.89. The molecule has 11 rings (SSSR count). The molecule has 62 heavy (non-hydrogen) atoms. The highest BCUT2D eigenvalue weighted by molar-refractivity contribution is 6.26. The Balaban J connectivity index is 1.08. The molecule has 0 spiro atoms. The normalized spacial score (nSPS) is 11.9. The maximum absolute atomic E-state index is 7.01. The van der Waals surface area contributed by atoms with Gasteiger partial charge in [0.1, 0.15) is 22.3 Å². The van der Waals surface area contributed by atoms with Gasteiger partial charge in [-0.2, -0.15) is 0 Å². The largest absolute Gasteiger partial charge is 0.456 e. The predicted octanol–water partition coefficient (Wildman–Crippen LogP) is 17.2. The summed E-state index contributed by atoms with van der Waals surface area (Å²) >= 11 is 0.